The van der Waals surface area contributed by atoms with Crippen LogP contribution >= 0.6 is 0 Å². The molecular weight excluding hydrogens is 328 g/mol. The van der Waals surface area contributed by atoms with Crippen molar-refractivity contribution in [2.24, 2.45) is 22.7 Å². The molecule has 5 aliphatic rings. The molecule has 5 aliphatic heterocycles. The third-order valence-electron chi connectivity index (χ3n) is 7.77. The van der Waals surface area contributed by atoms with Gasteiger partial charge in [0.25, 0.3) is 0 Å². The van der Waals surface area contributed by atoms with E-state index in [0.29, 0.717) is 18.6 Å². The molecule has 0 saturated carbocycles. The zero-order valence-corrected chi connectivity index (χ0v) is 16.2. The van der Waals surface area contributed by atoms with Gasteiger partial charge >= 0.3 is 0 Å². The van der Waals surface area contributed by atoms with Gasteiger partial charge in [-0.1, -0.05) is 33.8 Å². The van der Waals surface area contributed by atoms with Crippen LogP contribution in [0.3, 0.4) is 0 Å². The second kappa shape index (κ2) is 5.37. The lowest BCUT2D eigenvalue weighted by Crippen LogP contribution is -2.80. The quantitative estimate of drug-likeness (QED) is 0.900. The van der Waals surface area contributed by atoms with Crippen molar-refractivity contribution in [2.75, 3.05) is 33.0 Å². The summed E-state index contributed by atoms with van der Waals surface area (Å²) in [5, 5.41) is 11.5. The summed E-state index contributed by atoms with van der Waals surface area (Å²) >= 11 is 0. The Labute approximate surface area is 155 Å². The topological polar surface area (TPSA) is 45.2 Å². The number of aliphatic hydroxyl groups excluding tert-OH is 1. The molecule has 1 aromatic rings. The summed E-state index contributed by atoms with van der Waals surface area (Å²) in [6.07, 6.45) is 0.0518. The molecule has 4 bridgehead atoms. The van der Waals surface area contributed by atoms with E-state index in [2.05, 4.69) is 49.6 Å². The van der Waals surface area contributed by atoms with Crippen LogP contribution in [-0.4, -0.2) is 54.0 Å². The van der Waals surface area contributed by atoms with E-state index < -0.39 is 0 Å². The SMILES string of the molecule is CC(C)C12CN3CC(C(C)C)(CN(C1)C3c1ccc3c(c1)OCO3)C2O. The molecule has 0 atom stereocenters. The standard InChI is InChI=1S/C21H30N2O3/c1-13(2)20-8-22-10-21(14(3)4,19(20)24)11-23(9-20)18(22)15-5-6-16-17(7-15)26-12-25-16/h5-7,13-14,18-19,24H,8-12H2,1-4H3. The van der Waals surface area contributed by atoms with E-state index in [-0.39, 0.29) is 23.1 Å². The molecule has 1 aromatic carbocycles. The van der Waals surface area contributed by atoms with Gasteiger partial charge in [0.2, 0.25) is 6.79 Å². The van der Waals surface area contributed by atoms with E-state index in [1.165, 1.54) is 5.56 Å². The highest BCUT2D eigenvalue weighted by Gasteiger charge is 2.66. The third-order valence-corrected chi connectivity index (χ3v) is 7.77. The molecular formula is C21H30N2O3. The number of rotatable bonds is 3. The van der Waals surface area contributed by atoms with E-state index in [4.69, 9.17) is 9.47 Å². The molecule has 0 aromatic heterocycles. The minimum absolute atomic E-state index is 0.0341. The van der Waals surface area contributed by atoms with Crippen molar-refractivity contribution in [1.82, 2.24) is 9.80 Å². The van der Waals surface area contributed by atoms with Crippen molar-refractivity contribution in [3.63, 3.8) is 0 Å². The number of hydrogen-bond acceptors (Lipinski definition) is 5. The van der Waals surface area contributed by atoms with Crippen molar-refractivity contribution in [3.8, 4) is 11.5 Å². The predicted octanol–water partition coefficient (Wildman–Crippen LogP) is 2.70. The first-order valence-electron chi connectivity index (χ1n) is 9.93. The smallest absolute Gasteiger partial charge is 0.231 e. The summed E-state index contributed by atoms with van der Waals surface area (Å²) in [5.74, 6) is 2.61. The van der Waals surface area contributed by atoms with Crippen molar-refractivity contribution in [3.05, 3.63) is 23.8 Å². The van der Waals surface area contributed by atoms with Crippen LogP contribution in [0, 0.1) is 22.7 Å². The lowest BCUT2D eigenvalue weighted by atomic mass is 9.52. The van der Waals surface area contributed by atoms with Gasteiger partial charge in [-0.3, -0.25) is 9.80 Å². The number of ether oxygens (including phenoxy) is 2. The molecule has 0 aliphatic carbocycles. The van der Waals surface area contributed by atoms with Gasteiger partial charge in [-0.25, -0.2) is 0 Å². The highest BCUT2D eigenvalue weighted by atomic mass is 16.7. The molecule has 0 spiro atoms. The highest BCUT2D eigenvalue weighted by molar-refractivity contribution is 5.45. The van der Waals surface area contributed by atoms with Gasteiger partial charge in [-0.05, 0) is 29.5 Å². The van der Waals surface area contributed by atoms with Crippen LogP contribution < -0.4 is 9.47 Å². The van der Waals surface area contributed by atoms with Gasteiger partial charge in [0.1, 0.15) is 0 Å². The first-order valence-corrected chi connectivity index (χ1v) is 9.93. The van der Waals surface area contributed by atoms with Crippen LogP contribution in [0.1, 0.15) is 39.4 Å². The Balaban J connectivity index is 1.56. The first-order chi connectivity index (χ1) is 12.4. The Morgan fingerprint density at radius 1 is 0.923 bits per heavy atom. The Morgan fingerprint density at radius 2 is 1.46 bits per heavy atom. The monoisotopic (exact) mass is 358 g/mol. The lowest BCUT2D eigenvalue weighted by Gasteiger charge is -2.71. The third kappa shape index (κ3) is 1.97. The Morgan fingerprint density at radius 3 is 2.00 bits per heavy atom. The van der Waals surface area contributed by atoms with Crippen LogP contribution in [-0.2, 0) is 0 Å². The maximum Gasteiger partial charge on any atom is 0.231 e. The van der Waals surface area contributed by atoms with E-state index in [1.54, 1.807) is 0 Å². The number of fused-ring (bicyclic) bond motifs is 1. The Kier molecular flexibility index (Phi) is 3.48. The van der Waals surface area contributed by atoms with Crippen LogP contribution in [0.2, 0.25) is 0 Å². The van der Waals surface area contributed by atoms with Crippen molar-refractivity contribution in [1.29, 1.82) is 0 Å². The van der Waals surface area contributed by atoms with E-state index in [9.17, 15) is 5.11 Å². The van der Waals surface area contributed by atoms with E-state index >= 15 is 0 Å². The van der Waals surface area contributed by atoms with Gasteiger partial charge in [0.15, 0.2) is 11.5 Å². The maximum absolute atomic E-state index is 11.5. The fraction of sp³-hybridized carbons (Fsp3) is 0.714. The second-order valence-electron chi connectivity index (χ2n) is 9.47. The number of benzene rings is 1. The molecule has 4 saturated heterocycles. The summed E-state index contributed by atoms with van der Waals surface area (Å²) in [6, 6.07) is 6.37. The molecule has 0 amide bonds. The summed E-state index contributed by atoms with van der Waals surface area (Å²) < 4.78 is 11.1. The molecule has 5 nitrogen and oxygen atoms in total. The number of aliphatic hydroxyl groups is 1. The molecule has 5 heteroatoms. The van der Waals surface area contributed by atoms with Crippen molar-refractivity contribution >= 4 is 0 Å². The molecule has 0 unspecified atom stereocenters. The van der Waals surface area contributed by atoms with Crippen LogP contribution in [0.4, 0.5) is 0 Å². The van der Waals surface area contributed by atoms with Gasteiger partial charge in [-0.2, -0.15) is 0 Å². The largest absolute Gasteiger partial charge is 0.454 e. The van der Waals surface area contributed by atoms with Crippen molar-refractivity contribution < 1.29 is 14.6 Å². The summed E-state index contributed by atoms with van der Waals surface area (Å²) in [6.45, 7) is 13.3. The number of nitrogens with zero attached hydrogens (tertiary/aromatic N) is 2. The van der Waals surface area contributed by atoms with Crippen molar-refractivity contribution in [2.45, 2.75) is 40.0 Å². The van der Waals surface area contributed by atoms with Crippen LogP contribution in [0.25, 0.3) is 0 Å². The fourth-order valence-electron chi connectivity index (χ4n) is 6.08. The number of piperidine rings is 2. The lowest BCUT2D eigenvalue weighted by molar-refractivity contribution is -0.287. The summed E-state index contributed by atoms with van der Waals surface area (Å²) in [7, 11) is 0. The predicted molar refractivity (Wildman–Crippen MR) is 99.0 cm³/mol. The minimum Gasteiger partial charge on any atom is -0.454 e. The second-order valence-corrected chi connectivity index (χ2v) is 9.47. The average Bonchev–Trinajstić information content (AvgIpc) is 3.05. The normalized spacial score (nSPS) is 42.9. The molecule has 1 N–H and O–H groups in total. The minimum atomic E-state index is -0.222. The zero-order valence-electron chi connectivity index (χ0n) is 16.2. The zero-order chi connectivity index (χ0) is 18.3. The van der Waals surface area contributed by atoms with Crippen LogP contribution in [0.5, 0.6) is 11.5 Å². The summed E-state index contributed by atoms with van der Waals surface area (Å²) in [4.78, 5) is 5.22. The fourth-order valence-corrected chi connectivity index (χ4v) is 6.08. The molecule has 142 valence electrons. The Hall–Kier alpha value is -1.30. The average molecular weight is 358 g/mol. The molecule has 4 fully saturated rings. The highest BCUT2D eigenvalue weighted by Crippen LogP contribution is 2.59. The summed E-state index contributed by atoms with van der Waals surface area (Å²) in [5.41, 5.74) is 1.21. The first kappa shape index (κ1) is 16.8. The van der Waals surface area contributed by atoms with Gasteiger partial charge < -0.3 is 14.6 Å². The molecule has 0 radical (unpaired) electrons. The van der Waals surface area contributed by atoms with Gasteiger partial charge in [-0.15, -0.1) is 0 Å². The number of hydrogen-bond donors (Lipinski definition) is 1. The molecule has 26 heavy (non-hydrogen) atoms. The van der Waals surface area contributed by atoms with Gasteiger partial charge in [0, 0.05) is 37.0 Å². The Bertz CT molecular complexity index is 688. The maximum atomic E-state index is 11.5. The van der Waals surface area contributed by atoms with Gasteiger partial charge in [0.05, 0.1) is 12.3 Å². The van der Waals surface area contributed by atoms with Crippen LogP contribution in [0.15, 0.2) is 18.2 Å². The van der Waals surface area contributed by atoms with E-state index in [1.807, 2.05) is 6.07 Å². The molecule has 6 rings (SSSR count). The molecule has 5 heterocycles. The van der Waals surface area contributed by atoms with E-state index in [0.717, 1.165) is 37.7 Å².